The molecule has 1 unspecified atom stereocenters. The number of nitrogens with one attached hydrogen (secondary N) is 1. The Morgan fingerprint density at radius 2 is 1.86 bits per heavy atom. The monoisotopic (exact) mass is 380 g/mol. The Labute approximate surface area is 161 Å². The first-order valence-corrected chi connectivity index (χ1v) is 8.69. The summed E-state index contributed by atoms with van der Waals surface area (Å²) in [5.41, 5.74) is -0.724. The number of nitrogens with zero attached hydrogens (tertiary/aromatic N) is 1. The summed E-state index contributed by atoms with van der Waals surface area (Å²) in [7, 11) is 0. The molecule has 1 atom stereocenters. The number of carbonyl (C=O) groups is 1. The summed E-state index contributed by atoms with van der Waals surface area (Å²) in [6, 6.07) is 16.2. The summed E-state index contributed by atoms with van der Waals surface area (Å²) in [6.07, 6.45) is 0. The fourth-order valence-corrected chi connectivity index (χ4v) is 2.81. The van der Waals surface area contributed by atoms with E-state index in [2.05, 4.69) is 5.32 Å². The molecular weight excluding hydrogens is 360 g/mol. The van der Waals surface area contributed by atoms with Crippen LogP contribution in [0.2, 0.25) is 0 Å². The minimum atomic E-state index is -1.36. The molecule has 0 spiro atoms. The summed E-state index contributed by atoms with van der Waals surface area (Å²) < 4.78 is 5.45. The van der Waals surface area contributed by atoms with Gasteiger partial charge in [-0.3, -0.25) is 14.9 Å². The number of benzene rings is 2. The third-order valence-electron chi connectivity index (χ3n) is 4.39. The highest BCUT2D eigenvalue weighted by atomic mass is 16.6. The number of aryl methyl sites for hydroxylation is 1. The molecule has 0 fully saturated rings. The van der Waals surface area contributed by atoms with Gasteiger partial charge < -0.3 is 14.8 Å². The van der Waals surface area contributed by atoms with Gasteiger partial charge in [-0.25, -0.2) is 0 Å². The highest BCUT2D eigenvalue weighted by molar-refractivity contribution is 6.09. The van der Waals surface area contributed by atoms with Crippen molar-refractivity contribution in [1.82, 2.24) is 0 Å². The average Bonchev–Trinajstić information content (AvgIpc) is 3.13. The van der Waals surface area contributed by atoms with Gasteiger partial charge in [-0.15, -0.1) is 0 Å². The van der Waals surface area contributed by atoms with E-state index in [1.807, 2.05) is 0 Å². The third-order valence-corrected chi connectivity index (χ3v) is 4.39. The van der Waals surface area contributed by atoms with Gasteiger partial charge >= 0.3 is 0 Å². The van der Waals surface area contributed by atoms with Gasteiger partial charge in [0.05, 0.1) is 11.5 Å². The molecule has 3 rings (SSSR count). The van der Waals surface area contributed by atoms with Crippen LogP contribution in [0.1, 0.15) is 34.4 Å². The van der Waals surface area contributed by atoms with Crippen molar-refractivity contribution < 1.29 is 19.2 Å². The van der Waals surface area contributed by atoms with Crippen LogP contribution >= 0.6 is 0 Å². The molecule has 0 aliphatic carbocycles. The SMILES string of the molecule is Cc1ccc(C(C)(O)CNc2ccc(C(=O)c3ccccc3)cc2[N+](=O)[O-])o1. The summed E-state index contributed by atoms with van der Waals surface area (Å²) in [6.45, 7) is 3.31. The van der Waals surface area contributed by atoms with Crippen LogP contribution in [0.4, 0.5) is 11.4 Å². The maximum Gasteiger partial charge on any atom is 0.293 e. The number of nitro groups is 1. The van der Waals surface area contributed by atoms with Gasteiger partial charge in [-0.2, -0.15) is 0 Å². The molecule has 0 saturated carbocycles. The smallest absolute Gasteiger partial charge is 0.293 e. The van der Waals surface area contributed by atoms with E-state index in [1.165, 1.54) is 18.2 Å². The van der Waals surface area contributed by atoms with Gasteiger partial charge in [0.1, 0.15) is 22.8 Å². The summed E-state index contributed by atoms with van der Waals surface area (Å²) in [4.78, 5) is 23.5. The molecule has 3 aromatic rings. The highest BCUT2D eigenvalue weighted by Crippen LogP contribution is 2.29. The maximum atomic E-state index is 12.5. The van der Waals surface area contributed by atoms with Crippen molar-refractivity contribution in [1.29, 1.82) is 0 Å². The van der Waals surface area contributed by atoms with Crippen molar-refractivity contribution >= 4 is 17.2 Å². The predicted molar refractivity (Wildman–Crippen MR) is 104 cm³/mol. The van der Waals surface area contributed by atoms with Crippen molar-refractivity contribution in [3.05, 3.63) is 93.4 Å². The van der Waals surface area contributed by atoms with Gasteiger partial charge in [0.25, 0.3) is 5.69 Å². The quantitative estimate of drug-likeness (QED) is 0.364. The van der Waals surface area contributed by atoms with E-state index in [4.69, 9.17) is 4.42 Å². The van der Waals surface area contributed by atoms with Gasteiger partial charge in [0, 0.05) is 17.2 Å². The zero-order valence-electron chi connectivity index (χ0n) is 15.5. The number of carbonyl (C=O) groups excluding carboxylic acids is 1. The zero-order chi connectivity index (χ0) is 20.3. The van der Waals surface area contributed by atoms with E-state index in [0.717, 1.165) is 0 Å². The second kappa shape index (κ2) is 7.66. The maximum absolute atomic E-state index is 12.5. The summed E-state index contributed by atoms with van der Waals surface area (Å²) in [5.74, 6) is 0.717. The lowest BCUT2D eigenvalue weighted by Gasteiger charge is -2.22. The molecule has 0 aliphatic rings. The number of aliphatic hydroxyl groups is 1. The van der Waals surface area contributed by atoms with Crippen molar-refractivity contribution in [3.63, 3.8) is 0 Å². The second-order valence-corrected chi connectivity index (χ2v) is 6.72. The van der Waals surface area contributed by atoms with Gasteiger partial charge in [-0.05, 0) is 38.1 Å². The van der Waals surface area contributed by atoms with Crippen molar-refractivity contribution in [3.8, 4) is 0 Å². The number of hydrogen-bond donors (Lipinski definition) is 2. The van der Waals surface area contributed by atoms with E-state index < -0.39 is 10.5 Å². The molecule has 28 heavy (non-hydrogen) atoms. The molecule has 7 nitrogen and oxygen atoms in total. The molecule has 144 valence electrons. The molecule has 2 aromatic carbocycles. The van der Waals surface area contributed by atoms with Gasteiger partial charge in [0.15, 0.2) is 5.78 Å². The van der Waals surface area contributed by atoms with Crippen molar-refractivity contribution in [2.75, 3.05) is 11.9 Å². The normalized spacial score (nSPS) is 13.0. The Hall–Kier alpha value is -3.45. The van der Waals surface area contributed by atoms with Crippen LogP contribution in [0.25, 0.3) is 0 Å². The van der Waals surface area contributed by atoms with E-state index in [0.29, 0.717) is 17.1 Å². The molecule has 0 bridgehead atoms. The number of ketones is 1. The van der Waals surface area contributed by atoms with Gasteiger partial charge in [0.2, 0.25) is 0 Å². The first kappa shape index (κ1) is 19.3. The molecule has 7 heteroatoms. The molecule has 2 N–H and O–H groups in total. The number of nitro benzene ring substituents is 1. The lowest BCUT2D eigenvalue weighted by molar-refractivity contribution is -0.384. The van der Waals surface area contributed by atoms with Crippen LogP contribution in [0.5, 0.6) is 0 Å². The van der Waals surface area contributed by atoms with Crippen LogP contribution in [-0.4, -0.2) is 22.4 Å². The van der Waals surface area contributed by atoms with Crippen molar-refractivity contribution in [2.24, 2.45) is 0 Å². The third kappa shape index (κ3) is 4.10. The lowest BCUT2D eigenvalue weighted by atomic mass is 10.0. The molecule has 1 heterocycles. The van der Waals surface area contributed by atoms with Crippen molar-refractivity contribution in [2.45, 2.75) is 19.4 Å². The Balaban J connectivity index is 1.84. The molecule has 1 aromatic heterocycles. The Morgan fingerprint density at radius 3 is 2.46 bits per heavy atom. The topological polar surface area (TPSA) is 106 Å². The number of furan rings is 1. The molecule has 0 radical (unpaired) electrons. The predicted octanol–water partition coefficient (Wildman–Crippen LogP) is 4.05. The largest absolute Gasteiger partial charge is 0.463 e. The number of anilines is 1. The van der Waals surface area contributed by atoms with E-state index in [1.54, 1.807) is 56.3 Å². The van der Waals surface area contributed by atoms with Gasteiger partial charge in [-0.1, -0.05) is 30.3 Å². The Bertz CT molecular complexity index is 1010. The fraction of sp³-hybridized carbons (Fsp3) is 0.190. The minimum Gasteiger partial charge on any atom is -0.463 e. The zero-order valence-corrected chi connectivity index (χ0v) is 15.5. The molecule has 0 aliphatic heterocycles. The standard InChI is InChI=1S/C21H20N2O5/c1-14-8-11-19(28-14)21(2,25)13-22-17-10-9-16(12-18(17)23(26)27)20(24)15-6-4-3-5-7-15/h3-12,22,25H,13H2,1-2H3. The van der Waals surface area contributed by atoms with E-state index in [9.17, 15) is 20.0 Å². The van der Waals surface area contributed by atoms with E-state index in [-0.39, 0.29) is 29.3 Å². The first-order chi connectivity index (χ1) is 13.3. The fourth-order valence-electron chi connectivity index (χ4n) is 2.81. The van der Waals surface area contributed by atoms with Crippen LogP contribution in [-0.2, 0) is 5.60 Å². The summed E-state index contributed by atoms with van der Waals surface area (Å²) in [5, 5.41) is 25.0. The number of hydrogen-bond acceptors (Lipinski definition) is 6. The van der Waals surface area contributed by atoms with Crippen LogP contribution in [0.15, 0.2) is 65.1 Å². The van der Waals surface area contributed by atoms with E-state index >= 15 is 0 Å². The minimum absolute atomic E-state index is 0.00717. The summed E-state index contributed by atoms with van der Waals surface area (Å²) >= 11 is 0. The highest BCUT2D eigenvalue weighted by Gasteiger charge is 2.28. The van der Waals surface area contributed by atoms with Crippen LogP contribution < -0.4 is 5.32 Å². The molecule has 0 amide bonds. The lowest BCUT2D eigenvalue weighted by Crippen LogP contribution is -2.30. The average molecular weight is 380 g/mol. The van der Waals surface area contributed by atoms with Crippen LogP contribution in [0.3, 0.4) is 0 Å². The Kier molecular flexibility index (Phi) is 5.28. The number of rotatable bonds is 7. The molecular formula is C21H20N2O5. The molecule has 0 saturated heterocycles. The second-order valence-electron chi connectivity index (χ2n) is 6.72. The first-order valence-electron chi connectivity index (χ1n) is 8.69. The van der Waals surface area contributed by atoms with Crippen LogP contribution in [0, 0.1) is 17.0 Å². The Morgan fingerprint density at radius 1 is 1.14 bits per heavy atom.